The third-order valence-corrected chi connectivity index (χ3v) is 4.87. The highest BCUT2D eigenvalue weighted by atomic mass is 35.5. The van der Waals surface area contributed by atoms with Crippen molar-refractivity contribution in [3.05, 3.63) is 99.6 Å². The lowest BCUT2D eigenvalue weighted by Gasteiger charge is -2.18. The molecule has 0 saturated carbocycles. The lowest BCUT2D eigenvalue weighted by atomic mass is 10.1. The van der Waals surface area contributed by atoms with Crippen molar-refractivity contribution in [1.29, 1.82) is 0 Å². The molecule has 10 nitrogen and oxygen atoms in total. The van der Waals surface area contributed by atoms with Gasteiger partial charge in [0.1, 0.15) is 12.3 Å². The van der Waals surface area contributed by atoms with Gasteiger partial charge in [-0.2, -0.15) is 0 Å². The predicted molar refractivity (Wildman–Crippen MR) is 127 cm³/mol. The molecule has 3 aromatic carbocycles. The number of carbonyl (C=O) groups is 3. The molecule has 2 amide bonds. The quantitative estimate of drug-likeness (QED) is 0.247. The van der Waals surface area contributed by atoms with Crippen LogP contribution in [0.4, 0.5) is 11.4 Å². The number of nitrogens with zero attached hydrogens (tertiary/aromatic N) is 1. The summed E-state index contributed by atoms with van der Waals surface area (Å²) < 4.78 is 10.6. The number of halogens is 1. The van der Waals surface area contributed by atoms with E-state index >= 15 is 0 Å². The second-order valence-electron chi connectivity index (χ2n) is 7.07. The van der Waals surface area contributed by atoms with Gasteiger partial charge in [0.15, 0.2) is 6.61 Å². The summed E-state index contributed by atoms with van der Waals surface area (Å²) in [6, 6.07) is 20.4. The summed E-state index contributed by atoms with van der Waals surface area (Å²) in [5.41, 5.74) is 0.228. The third-order valence-electron chi connectivity index (χ3n) is 4.55. The average Bonchev–Trinajstić information content (AvgIpc) is 2.87. The third kappa shape index (κ3) is 7.54. The van der Waals surface area contributed by atoms with E-state index in [9.17, 15) is 24.5 Å². The fourth-order valence-electron chi connectivity index (χ4n) is 2.88. The fourth-order valence-corrected chi connectivity index (χ4v) is 3.10. The Morgan fingerprint density at radius 1 is 0.971 bits per heavy atom. The van der Waals surface area contributed by atoms with Gasteiger partial charge in [-0.1, -0.05) is 60.1 Å². The molecule has 1 atom stereocenters. The Morgan fingerprint density at radius 2 is 1.63 bits per heavy atom. The highest BCUT2D eigenvalue weighted by molar-refractivity contribution is 6.34. The first-order valence-electron chi connectivity index (χ1n) is 10.3. The molecule has 0 aliphatic rings. The van der Waals surface area contributed by atoms with Crippen molar-refractivity contribution in [3.8, 4) is 5.75 Å². The molecule has 0 saturated heterocycles. The highest BCUT2D eigenvalue weighted by Crippen LogP contribution is 2.28. The number of non-ortho nitro benzene ring substituents is 1. The van der Waals surface area contributed by atoms with Crippen LogP contribution in [-0.2, 0) is 19.1 Å². The minimum Gasteiger partial charge on any atom is -0.484 e. The maximum Gasteiger partial charge on any atom is 0.326 e. The van der Waals surface area contributed by atoms with Crippen LogP contribution in [0.25, 0.3) is 0 Å². The number of anilines is 1. The Hall–Kier alpha value is -4.44. The summed E-state index contributed by atoms with van der Waals surface area (Å²) >= 11 is 6.05. The number of nitro groups is 1. The van der Waals surface area contributed by atoms with E-state index < -0.39 is 35.4 Å². The van der Waals surface area contributed by atoms with E-state index in [0.717, 1.165) is 6.07 Å². The Kier molecular flexibility index (Phi) is 8.74. The van der Waals surface area contributed by atoms with Gasteiger partial charge in [-0.3, -0.25) is 24.5 Å². The number of ether oxygens (including phenoxy) is 2. The zero-order valence-electron chi connectivity index (χ0n) is 18.2. The van der Waals surface area contributed by atoms with Crippen LogP contribution in [0.15, 0.2) is 78.9 Å². The predicted octanol–water partition coefficient (Wildman–Crippen LogP) is 3.67. The first-order valence-corrected chi connectivity index (χ1v) is 10.6. The van der Waals surface area contributed by atoms with Gasteiger partial charge in [-0.25, -0.2) is 0 Å². The molecule has 0 spiro atoms. The number of hydrogen-bond donors (Lipinski definition) is 2. The van der Waals surface area contributed by atoms with E-state index in [-0.39, 0.29) is 23.0 Å². The summed E-state index contributed by atoms with van der Waals surface area (Å²) in [5, 5.41) is 15.7. The van der Waals surface area contributed by atoms with Crippen LogP contribution in [0.2, 0.25) is 5.02 Å². The molecule has 0 bridgehead atoms. The smallest absolute Gasteiger partial charge is 0.326 e. The van der Waals surface area contributed by atoms with E-state index in [1.54, 1.807) is 60.7 Å². The zero-order valence-corrected chi connectivity index (χ0v) is 18.9. The van der Waals surface area contributed by atoms with Crippen LogP contribution in [0, 0.1) is 10.1 Å². The number of nitro benzene ring substituents is 1. The van der Waals surface area contributed by atoms with Gasteiger partial charge in [0.2, 0.25) is 6.10 Å². The van der Waals surface area contributed by atoms with Gasteiger partial charge in [0.05, 0.1) is 15.6 Å². The van der Waals surface area contributed by atoms with Crippen LogP contribution in [0.1, 0.15) is 11.7 Å². The van der Waals surface area contributed by atoms with Gasteiger partial charge in [-0.05, 0) is 18.2 Å². The second kappa shape index (κ2) is 12.1. The standard InChI is InChI=1S/C24H20ClN3O7/c25-19-13-17(28(32)33)11-12-20(19)27-24(31)23(16-7-3-1-4-8-16)35-22(30)14-26-21(29)15-34-18-9-5-2-6-10-18/h1-13,23H,14-15H2,(H,26,29)(H,27,31). The summed E-state index contributed by atoms with van der Waals surface area (Å²) in [6.07, 6.45) is -1.37. The molecule has 0 fully saturated rings. The molecule has 3 rings (SSSR count). The summed E-state index contributed by atoms with van der Waals surface area (Å²) in [5.74, 6) is -1.66. The van der Waals surface area contributed by atoms with Crippen LogP contribution < -0.4 is 15.4 Å². The first kappa shape index (κ1) is 25.2. The van der Waals surface area contributed by atoms with E-state index in [1.807, 2.05) is 0 Å². The fraction of sp³-hybridized carbons (Fsp3) is 0.125. The summed E-state index contributed by atoms with van der Waals surface area (Å²) in [6.45, 7) is -0.801. The summed E-state index contributed by atoms with van der Waals surface area (Å²) in [7, 11) is 0. The Labute approximate surface area is 205 Å². The molecule has 180 valence electrons. The van der Waals surface area contributed by atoms with Crippen molar-refractivity contribution in [3.63, 3.8) is 0 Å². The van der Waals surface area contributed by atoms with Crippen molar-refractivity contribution in [2.24, 2.45) is 0 Å². The number of esters is 1. The maximum atomic E-state index is 12.9. The molecule has 11 heteroatoms. The number of benzene rings is 3. The average molecular weight is 498 g/mol. The molecule has 0 aliphatic heterocycles. The molecular weight excluding hydrogens is 478 g/mol. The molecule has 0 aliphatic carbocycles. The monoisotopic (exact) mass is 497 g/mol. The molecule has 1 unspecified atom stereocenters. The van der Waals surface area contributed by atoms with Crippen molar-refractivity contribution in [1.82, 2.24) is 5.32 Å². The Bertz CT molecular complexity index is 1210. The lowest BCUT2D eigenvalue weighted by molar-refractivity contribution is -0.384. The highest BCUT2D eigenvalue weighted by Gasteiger charge is 2.26. The van der Waals surface area contributed by atoms with E-state index in [0.29, 0.717) is 11.3 Å². The Morgan fingerprint density at radius 3 is 2.26 bits per heavy atom. The van der Waals surface area contributed by atoms with E-state index in [4.69, 9.17) is 21.1 Å². The van der Waals surface area contributed by atoms with Crippen molar-refractivity contribution < 1.29 is 28.8 Å². The normalized spacial score (nSPS) is 11.1. The SMILES string of the molecule is O=C(COc1ccccc1)NCC(=O)OC(C(=O)Nc1ccc([N+](=O)[O-])cc1Cl)c1ccccc1. The topological polar surface area (TPSA) is 137 Å². The summed E-state index contributed by atoms with van der Waals surface area (Å²) in [4.78, 5) is 47.6. The van der Waals surface area contributed by atoms with E-state index in [1.165, 1.54) is 12.1 Å². The van der Waals surface area contributed by atoms with Crippen LogP contribution in [0.3, 0.4) is 0 Å². The minimum atomic E-state index is -1.37. The minimum absolute atomic E-state index is 0.0589. The van der Waals surface area contributed by atoms with Gasteiger partial charge in [0.25, 0.3) is 17.5 Å². The molecular formula is C24H20ClN3O7. The number of carbonyl (C=O) groups excluding carboxylic acids is 3. The lowest BCUT2D eigenvalue weighted by Crippen LogP contribution is -2.36. The molecule has 0 aromatic heterocycles. The number of hydrogen-bond acceptors (Lipinski definition) is 7. The maximum absolute atomic E-state index is 12.9. The number of rotatable bonds is 10. The van der Waals surface area contributed by atoms with Gasteiger partial charge in [0, 0.05) is 17.7 Å². The van der Waals surface area contributed by atoms with Crippen LogP contribution in [-0.4, -0.2) is 35.9 Å². The first-order chi connectivity index (χ1) is 16.8. The largest absolute Gasteiger partial charge is 0.484 e. The Balaban J connectivity index is 1.62. The van der Waals surface area contributed by atoms with Gasteiger partial charge < -0.3 is 20.1 Å². The molecule has 3 aromatic rings. The molecule has 0 heterocycles. The molecule has 0 radical (unpaired) electrons. The van der Waals surface area contributed by atoms with Crippen molar-refractivity contribution >= 4 is 40.8 Å². The van der Waals surface area contributed by atoms with Crippen LogP contribution in [0.5, 0.6) is 5.75 Å². The van der Waals surface area contributed by atoms with E-state index in [2.05, 4.69) is 10.6 Å². The number of para-hydroxylation sites is 1. The zero-order chi connectivity index (χ0) is 25.2. The second-order valence-corrected chi connectivity index (χ2v) is 7.48. The van der Waals surface area contributed by atoms with Crippen molar-refractivity contribution in [2.75, 3.05) is 18.5 Å². The number of nitrogens with one attached hydrogen (secondary N) is 2. The van der Waals surface area contributed by atoms with Gasteiger partial charge >= 0.3 is 5.97 Å². The van der Waals surface area contributed by atoms with Crippen LogP contribution >= 0.6 is 11.6 Å². The molecule has 2 N–H and O–H groups in total. The molecule has 35 heavy (non-hydrogen) atoms. The number of amides is 2. The van der Waals surface area contributed by atoms with Crippen molar-refractivity contribution in [2.45, 2.75) is 6.10 Å². The van der Waals surface area contributed by atoms with Gasteiger partial charge in [-0.15, -0.1) is 0 Å².